The Balaban J connectivity index is 1.76. The van der Waals surface area contributed by atoms with E-state index >= 15 is 0 Å². The van der Waals surface area contributed by atoms with Gasteiger partial charge in [-0.15, -0.1) is 0 Å². The van der Waals surface area contributed by atoms with Gasteiger partial charge in [0.1, 0.15) is 24.7 Å². The smallest absolute Gasteiger partial charge is 0.333 e. The Morgan fingerprint density at radius 3 is 1.05 bits per heavy atom. The van der Waals surface area contributed by atoms with E-state index in [1.165, 1.54) is 0 Å². The second kappa shape index (κ2) is 24.8. The van der Waals surface area contributed by atoms with Gasteiger partial charge < -0.3 is 56.8 Å². The maximum atomic E-state index is 11.4. The van der Waals surface area contributed by atoms with E-state index in [1.807, 2.05) is 48.5 Å². The fourth-order valence-corrected chi connectivity index (χ4v) is 5.28. The highest BCUT2D eigenvalue weighted by molar-refractivity contribution is 5.87. The number of benzene rings is 2. The van der Waals surface area contributed by atoms with E-state index in [0.29, 0.717) is 22.6 Å². The lowest BCUT2D eigenvalue weighted by Crippen LogP contribution is -2.31. The van der Waals surface area contributed by atoms with E-state index in [4.69, 9.17) is 56.8 Å². The molecule has 0 radical (unpaired) electrons. The minimum Gasteiger partial charge on any atom is -0.465 e. The Bertz CT molecular complexity index is 1400. The second-order valence-electron chi connectivity index (χ2n) is 13.8. The topological polar surface area (TPSA) is 145 Å². The quantitative estimate of drug-likeness (QED) is 0.0355. The number of hydrogen-bond donors (Lipinski definition) is 0. The zero-order chi connectivity index (χ0) is 42.7. The summed E-state index contributed by atoms with van der Waals surface area (Å²) >= 11 is 0. The van der Waals surface area contributed by atoms with Crippen LogP contribution in [0.25, 0.3) is 0 Å². The standard InChI is InChI=1S/C43H64O14/c1-27(2)41(44)48-25-23-46-29(5)50-31(7)52-33(9)54-35(11)56-39-19-15-37(16-20-39)43(13,14)38-17-21-40(22-18-38)57-36(12)55-34(10)53-32(8)51-30(6)47-24-26-49-42(45)28(3)4/h15-22,29-36H,1,3,23-26H2,2,4-14H3. The molecule has 0 aromatic heterocycles. The Hall–Kier alpha value is -3.86. The number of carbonyl (C=O) groups excluding carboxylic acids is 2. The molecule has 0 N–H and O–H groups in total. The van der Waals surface area contributed by atoms with Gasteiger partial charge in [0, 0.05) is 16.6 Å². The van der Waals surface area contributed by atoms with Gasteiger partial charge in [-0.05, 0) is 105 Å². The van der Waals surface area contributed by atoms with Crippen LogP contribution in [0.15, 0.2) is 72.8 Å². The third-order valence-corrected chi connectivity index (χ3v) is 8.09. The molecule has 2 aromatic carbocycles. The number of ether oxygens (including phenoxy) is 12. The lowest BCUT2D eigenvalue weighted by Gasteiger charge is -2.28. The molecule has 14 nitrogen and oxygen atoms in total. The van der Waals surface area contributed by atoms with Gasteiger partial charge in [-0.2, -0.15) is 0 Å². The molecule has 0 amide bonds. The van der Waals surface area contributed by atoms with Crippen molar-refractivity contribution in [3.63, 3.8) is 0 Å². The monoisotopic (exact) mass is 804 g/mol. The highest BCUT2D eigenvalue weighted by Crippen LogP contribution is 2.34. The Morgan fingerprint density at radius 1 is 0.474 bits per heavy atom. The lowest BCUT2D eigenvalue weighted by molar-refractivity contribution is -0.299. The minimum absolute atomic E-state index is 0.0924. The summed E-state index contributed by atoms with van der Waals surface area (Å²) in [6, 6.07) is 15.7. The highest BCUT2D eigenvalue weighted by Gasteiger charge is 2.24. The van der Waals surface area contributed by atoms with E-state index < -0.39 is 62.3 Å². The van der Waals surface area contributed by atoms with E-state index in [2.05, 4.69) is 27.0 Å². The maximum absolute atomic E-state index is 11.4. The summed E-state index contributed by atoms with van der Waals surface area (Å²) < 4.78 is 67.6. The molecular formula is C43H64O14. The maximum Gasteiger partial charge on any atom is 0.333 e. The molecule has 320 valence electrons. The van der Waals surface area contributed by atoms with Gasteiger partial charge in [-0.3, -0.25) is 0 Å². The molecule has 8 atom stereocenters. The van der Waals surface area contributed by atoms with Crippen LogP contribution in [0.1, 0.15) is 94.2 Å². The summed E-state index contributed by atoms with van der Waals surface area (Å²) in [6.45, 7) is 29.0. The molecule has 8 unspecified atom stereocenters. The number of rotatable bonds is 28. The summed E-state index contributed by atoms with van der Waals surface area (Å²) in [5, 5.41) is 0. The Morgan fingerprint density at radius 2 is 0.754 bits per heavy atom. The normalized spacial score (nSPS) is 15.9. The third kappa shape index (κ3) is 19.4. The van der Waals surface area contributed by atoms with Crippen molar-refractivity contribution in [1.82, 2.24) is 0 Å². The van der Waals surface area contributed by atoms with Crippen LogP contribution in [0, 0.1) is 0 Å². The van der Waals surface area contributed by atoms with Crippen molar-refractivity contribution < 1.29 is 66.4 Å². The Labute approximate surface area is 338 Å². The average Bonchev–Trinajstić information content (AvgIpc) is 3.11. The predicted molar refractivity (Wildman–Crippen MR) is 212 cm³/mol. The number of carbonyl (C=O) groups is 2. The van der Waals surface area contributed by atoms with Crippen LogP contribution in [0.5, 0.6) is 11.5 Å². The van der Waals surface area contributed by atoms with E-state index in [-0.39, 0.29) is 31.8 Å². The molecule has 0 saturated heterocycles. The van der Waals surface area contributed by atoms with Crippen LogP contribution >= 0.6 is 0 Å². The Kier molecular flexibility index (Phi) is 21.5. The molecule has 0 fully saturated rings. The van der Waals surface area contributed by atoms with E-state index in [9.17, 15) is 9.59 Å². The number of esters is 2. The molecule has 57 heavy (non-hydrogen) atoms. The van der Waals surface area contributed by atoms with Gasteiger partial charge in [0.2, 0.25) is 0 Å². The van der Waals surface area contributed by atoms with Crippen LogP contribution in [-0.2, 0) is 62.4 Å². The second-order valence-corrected chi connectivity index (χ2v) is 13.8. The predicted octanol–water partition coefficient (Wildman–Crippen LogP) is 7.91. The molecule has 0 aliphatic carbocycles. The summed E-state index contributed by atoms with van der Waals surface area (Å²) in [5.41, 5.74) is 2.52. The molecule has 14 heteroatoms. The van der Waals surface area contributed by atoms with Crippen molar-refractivity contribution >= 4 is 11.9 Å². The van der Waals surface area contributed by atoms with Crippen molar-refractivity contribution in [1.29, 1.82) is 0 Å². The van der Waals surface area contributed by atoms with Crippen molar-refractivity contribution in [3.05, 3.63) is 84.0 Å². The van der Waals surface area contributed by atoms with Gasteiger partial charge in [-0.25, -0.2) is 9.59 Å². The molecule has 0 heterocycles. The van der Waals surface area contributed by atoms with Crippen LogP contribution in [0.4, 0.5) is 0 Å². The summed E-state index contributed by atoms with van der Waals surface area (Å²) in [6.07, 6.45) is -4.92. The third-order valence-electron chi connectivity index (χ3n) is 8.09. The highest BCUT2D eigenvalue weighted by atomic mass is 16.8. The van der Waals surface area contributed by atoms with Gasteiger partial charge in [0.15, 0.2) is 50.3 Å². The fourth-order valence-electron chi connectivity index (χ4n) is 5.28. The molecule has 2 aromatic rings. The average molecular weight is 805 g/mol. The van der Waals surface area contributed by atoms with Gasteiger partial charge in [0.05, 0.1) is 13.2 Å². The summed E-state index contributed by atoms with van der Waals surface area (Å²) in [4.78, 5) is 22.9. The largest absolute Gasteiger partial charge is 0.465 e. The van der Waals surface area contributed by atoms with Gasteiger partial charge in [-0.1, -0.05) is 51.3 Å². The zero-order valence-electron chi connectivity index (χ0n) is 35.7. The van der Waals surface area contributed by atoms with E-state index in [0.717, 1.165) is 11.1 Å². The van der Waals surface area contributed by atoms with Crippen molar-refractivity contribution in [2.75, 3.05) is 26.4 Å². The fraction of sp³-hybridized carbons (Fsp3) is 0.581. The zero-order valence-corrected chi connectivity index (χ0v) is 35.7. The first-order valence-electron chi connectivity index (χ1n) is 19.1. The van der Waals surface area contributed by atoms with Crippen molar-refractivity contribution in [2.45, 2.75) is 139 Å². The van der Waals surface area contributed by atoms with Gasteiger partial charge >= 0.3 is 11.9 Å². The van der Waals surface area contributed by atoms with Crippen molar-refractivity contribution in [2.24, 2.45) is 0 Å². The molecule has 0 aliphatic heterocycles. The summed E-state index contributed by atoms with van der Waals surface area (Å²) in [7, 11) is 0. The lowest BCUT2D eigenvalue weighted by atomic mass is 9.78. The molecule has 2 rings (SSSR count). The molecule has 0 saturated carbocycles. The van der Waals surface area contributed by atoms with Crippen LogP contribution in [-0.4, -0.2) is 88.7 Å². The minimum atomic E-state index is -0.632. The van der Waals surface area contributed by atoms with E-state index in [1.54, 1.807) is 69.2 Å². The molecule has 0 aliphatic rings. The molecule has 0 bridgehead atoms. The summed E-state index contributed by atoms with van der Waals surface area (Å²) in [5.74, 6) is 0.360. The molecular weight excluding hydrogens is 740 g/mol. The van der Waals surface area contributed by atoms with Crippen molar-refractivity contribution in [3.8, 4) is 11.5 Å². The van der Waals surface area contributed by atoms with Crippen LogP contribution in [0.3, 0.4) is 0 Å². The first-order chi connectivity index (χ1) is 26.8. The first kappa shape index (κ1) is 49.3. The molecule has 0 spiro atoms. The van der Waals surface area contributed by atoms with Crippen LogP contribution in [0.2, 0.25) is 0 Å². The van der Waals surface area contributed by atoms with Gasteiger partial charge in [0.25, 0.3) is 0 Å². The number of hydrogen-bond acceptors (Lipinski definition) is 14. The van der Waals surface area contributed by atoms with Crippen LogP contribution < -0.4 is 9.47 Å². The SMILES string of the molecule is C=C(C)C(=O)OCCOC(C)OC(C)OC(C)OC(C)Oc1ccc(C(C)(C)c2ccc(OC(C)OC(C)OC(C)OC(C)OCCOC(=O)C(=C)C)cc2)cc1. The first-order valence-corrected chi connectivity index (χ1v) is 19.1.